The molecule has 0 unspecified atom stereocenters. The number of hydrogen-bond donors (Lipinski definition) is 3. The number of aliphatic carboxylic acids is 1. The molecule has 2 aliphatic rings. The van der Waals surface area contributed by atoms with Crippen molar-refractivity contribution < 1.29 is 29.0 Å². The summed E-state index contributed by atoms with van der Waals surface area (Å²) in [6, 6.07) is 14.9. The molecule has 8 heteroatoms. The fraction of sp³-hybridized carbons (Fsp3) is 0.444. The highest BCUT2D eigenvalue weighted by Crippen LogP contribution is 2.44. The third kappa shape index (κ3) is 5.03. The van der Waals surface area contributed by atoms with E-state index in [0.717, 1.165) is 41.5 Å². The summed E-state index contributed by atoms with van der Waals surface area (Å²) in [5.41, 5.74) is 3.25. The van der Waals surface area contributed by atoms with E-state index < -0.39 is 35.7 Å². The number of methoxy groups -OCH3 is 1. The van der Waals surface area contributed by atoms with Crippen LogP contribution in [0, 0.1) is 0 Å². The number of carboxylic acid groups (broad SMARTS) is 1. The number of ether oxygens (including phenoxy) is 2. The van der Waals surface area contributed by atoms with Gasteiger partial charge in [-0.3, -0.25) is 4.79 Å². The van der Waals surface area contributed by atoms with Crippen LogP contribution in [0.5, 0.6) is 0 Å². The average Bonchev–Trinajstić information content (AvgIpc) is 3.19. The summed E-state index contributed by atoms with van der Waals surface area (Å²) < 4.78 is 10.8. The Morgan fingerprint density at radius 2 is 1.57 bits per heavy atom. The SMILES string of the molecule is CO[C@H](C)[C@H](NC(=O)C1(NC(=O)OCC2c3ccccc3-c3ccccc32)CCCCC1)C(=O)O. The lowest BCUT2D eigenvalue weighted by Crippen LogP contribution is -2.63. The molecule has 4 rings (SSSR count). The van der Waals surface area contributed by atoms with Crippen LogP contribution in [0.15, 0.2) is 48.5 Å². The van der Waals surface area contributed by atoms with Crippen molar-refractivity contribution in [3.05, 3.63) is 59.7 Å². The predicted octanol–water partition coefficient (Wildman–Crippen LogP) is 3.83. The number of nitrogens with one attached hydrogen (secondary N) is 2. The molecule has 2 atom stereocenters. The molecule has 2 aromatic rings. The van der Waals surface area contributed by atoms with Gasteiger partial charge in [0, 0.05) is 13.0 Å². The van der Waals surface area contributed by atoms with Crippen LogP contribution in [0.4, 0.5) is 4.79 Å². The van der Waals surface area contributed by atoms with E-state index in [1.807, 2.05) is 36.4 Å². The molecule has 2 amide bonds. The summed E-state index contributed by atoms with van der Waals surface area (Å²) in [5.74, 6) is -1.81. The van der Waals surface area contributed by atoms with Gasteiger partial charge in [0.05, 0.1) is 6.10 Å². The van der Waals surface area contributed by atoms with Crippen LogP contribution in [0.2, 0.25) is 0 Å². The maximum atomic E-state index is 13.3. The highest BCUT2D eigenvalue weighted by molar-refractivity contribution is 5.93. The minimum atomic E-state index is -1.23. The third-order valence-electron chi connectivity index (χ3n) is 7.22. The number of rotatable bonds is 8. The molecule has 35 heavy (non-hydrogen) atoms. The molecule has 186 valence electrons. The fourth-order valence-electron chi connectivity index (χ4n) is 5.19. The highest BCUT2D eigenvalue weighted by atomic mass is 16.5. The van der Waals surface area contributed by atoms with E-state index in [-0.39, 0.29) is 12.5 Å². The molecule has 8 nitrogen and oxygen atoms in total. The van der Waals surface area contributed by atoms with E-state index in [2.05, 4.69) is 22.8 Å². The molecule has 0 heterocycles. The quantitative estimate of drug-likeness (QED) is 0.529. The lowest BCUT2D eigenvalue weighted by Gasteiger charge is -2.37. The Hall–Kier alpha value is -3.39. The Labute approximate surface area is 205 Å². The molecule has 2 aromatic carbocycles. The van der Waals surface area contributed by atoms with E-state index in [4.69, 9.17) is 9.47 Å². The Morgan fingerprint density at radius 3 is 2.11 bits per heavy atom. The summed E-state index contributed by atoms with van der Waals surface area (Å²) in [6.07, 6.45) is 1.84. The number of benzene rings is 2. The van der Waals surface area contributed by atoms with Gasteiger partial charge in [-0.15, -0.1) is 0 Å². The largest absolute Gasteiger partial charge is 0.480 e. The first-order valence-electron chi connectivity index (χ1n) is 12.1. The van der Waals surface area contributed by atoms with Gasteiger partial charge in [0.1, 0.15) is 12.1 Å². The lowest BCUT2D eigenvalue weighted by molar-refractivity contribution is -0.147. The van der Waals surface area contributed by atoms with E-state index in [1.165, 1.54) is 7.11 Å². The van der Waals surface area contributed by atoms with Crippen LogP contribution in [0.1, 0.15) is 56.1 Å². The van der Waals surface area contributed by atoms with Gasteiger partial charge in [0.25, 0.3) is 0 Å². The van der Waals surface area contributed by atoms with Gasteiger partial charge in [-0.25, -0.2) is 9.59 Å². The Kier molecular flexibility index (Phi) is 7.40. The minimum Gasteiger partial charge on any atom is -0.480 e. The molecule has 0 aliphatic heterocycles. The molecular weight excluding hydrogens is 448 g/mol. The molecule has 0 saturated heterocycles. The summed E-state index contributed by atoms with van der Waals surface area (Å²) in [5, 5.41) is 14.9. The van der Waals surface area contributed by atoms with Gasteiger partial charge in [0.15, 0.2) is 6.04 Å². The molecule has 3 N–H and O–H groups in total. The molecular formula is C27H32N2O6. The Balaban J connectivity index is 1.47. The Bertz CT molecular complexity index is 1050. The van der Waals surface area contributed by atoms with Crippen molar-refractivity contribution in [3.8, 4) is 11.1 Å². The van der Waals surface area contributed by atoms with Gasteiger partial charge in [-0.05, 0) is 42.0 Å². The van der Waals surface area contributed by atoms with Crippen molar-refractivity contribution in [2.45, 2.75) is 62.6 Å². The van der Waals surface area contributed by atoms with E-state index in [1.54, 1.807) is 6.92 Å². The van der Waals surface area contributed by atoms with Crippen molar-refractivity contribution >= 4 is 18.0 Å². The molecule has 0 aromatic heterocycles. The summed E-state index contributed by atoms with van der Waals surface area (Å²) in [7, 11) is 1.39. The van der Waals surface area contributed by atoms with Gasteiger partial charge < -0.3 is 25.2 Å². The molecule has 1 fully saturated rings. The van der Waals surface area contributed by atoms with Gasteiger partial charge in [-0.1, -0.05) is 67.8 Å². The predicted molar refractivity (Wildman–Crippen MR) is 130 cm³/mol. The van der Waals surface area contributed by atoms with Crippen LogP contribution >= 0.6 is 0 Å². The number of carbonyl (C=O) groups is 3. The number of carboxylic acids is 1. The van der Waals surface area contributed by atoms with Crippen LogP contribution in [0.3, 0.4) is 0 Å². The zero-order valence-corrected chi connectivity index (χ0v) is 20.1. The average molecular weight is 481 g/mol. The number of alkyl carbamates (subject to hydrolysis) is 1. The monoisotopic (exact) mass is 480 g/mol. The highest BCUT2D eigenvalue weighted by Gasteiger charge is 2.44. The van der Waals surface area contributed by atoms with E-state index in [9.17, 15) is 19.5 Å². The first kappa shape index (κ1) is 24.7. The van der Waals surface area contributed by atoms with Crippen molar-refractivity contribution in [3.63, 3.8) is 0 Å². The zero-order valence-electron chi connectivity index (χ0n) is 20.1. The van der Waals surface area contributed by atoms with Crippen LogP contribution in [-0.2, 0) is 19.1 Å². The summed E-state index contributed by atoms with van der Waals surface area (Å²) in [6.45, 7) is 1.71. The maximum Gasteiger partial charge on any atom is 0.408 e. The maximum absolute atomic E-state index is 13.3. The first-order chi connectivity index (χ1) is 16.9. The standard InChI is InChI=1S/C27H32N2O6/c1-17(34-2)23(24(30)31)28-25(32)27(14-8-3-9-15-27)29-26(33)35-16-22-20-12-6-4-10-18(20)19-11-5-7-13-21(19)22/h4-7,10-13,17,22-23H,3,8-9,14-16H2,1-2H3,(H,28,32)(H,29,33)(H,30,31)/t17-,23+/m1/s1. The topological polar surface area (TPSA) is 114 Å². The van der Waals surface area contributed by atoms with Gasteiger partial charge >= 0.3 is 12.1 Å². The number of hydrogen-bond acceptors (Lipinski definition) is 5. The lowest BCUT2D eigenvalue weighted by atomic mass is 9.80. The number of carbonyl (C=O) groups excluding carboxylic acids is 2. The van der Waals surface area contributed by atoms with Gasteiger partial charge in [0.2, 0.25) is 5.91 Å². The first-order valence-corrected chi connectivity index (χ1v) is 12.1. The second-order valence-electron chi connectivity index (χ2n) is 9.32. The van der Waals surface area contributed by atoms with Crippen molar-refractivity contribution in [1.29, 1.82) is 0 Å². The summed E-state index contributed by atoms with van der Waals surface area (Å²) in [4.78, 5) is 37.9. The fourth-order valence-corrected chi connectivity index (χ4v) is 5.19. The van der Waals surface area contributed by atoms with Crippen LogP contribution < -0.4 is 10.6 Å². The number of fused-ring (bicyclic) bond motifs is 3. The number of amides is 2. The minimum absolute atomic E-state index is 0.0942. The second kappa shape index (κ2) is 10.5. The van der Waals surface area contributed by atoms with Crippen molar-refractivity contribution in [2.75, 3.05) is 13.7 Å². The van der Waals surface area contributed by atoms with Crippen LogP contribution in [0.25, 0.3) is 11.1 Å². The van der Waals surface area contributed by atoms with Gasteiger partial charge in [-0.2, -0.15) is 0 Å². The smallest absolute Gasteiger partial charge is 0.408 e. The van der Waals surface area contributed by atoms with Crippen molar-refractivity contribution in [1.82, 2.24) is 10.6 Å². The van der Waals surface area contributed by atoms with Crippen LogP contribution in [-0.4, -0.2) is 54.5 Å². The summed E-state index contributed by atoms with van der Waals surface area (Å²) >= 11 is 0. The molecule has 0 spiro atoms. The van der Waals surface area contributed by atoms with E-state index >= 15 is 0 Å². The van der Waals surface area contributed by atoms with E-state index in [0.29, 0.717) is 12.8 Å². The Morgan fingerprint density at radius 1 is 1.00 bits per heavy atom. The molecule has 0 radical (unpaired) electrons. The molecule has 2 aliphatic carbocycles. The zero-order chi connectivity index (χ0) is 25.0. The molecule has 1 saturated carbocycles. The molecule has 0 bridgehead atoms. The van der Waals surface area contributed by atoms with Crippen molar-refractivity contribution in [2.24, 2.45) is 0 Å². The normalized spacial score (nSPS) is 18.0. The third-order valence-corrected chi connectivity index (χ3v) is 7.22. The second-order valence-corrected chi connectivity index (χ2v) is 9.32.